The van der Waals surface area contributed by atoms with Crippen molar-refractivity contribution in [2.45, 2.75) is 19.3 Å². The van der Waals surface area contributed by atoms with Crippen molar-refractivity contribution < 1.29 is 0 Å². The summed E-state index contributed by atoms with van der Waals surface area (Å²) in [6.45, 7) is 5.36. The van der Waals surface area contributed by atoms with Gasteiger partial charge >= 0.3 is 0 Å². The van der Waals surface area contributed by atoms with Gasteiger partial charge in [-0.15, -0.1) is 0 Å². The van der Waals surface area contributed by atoms with Crippen molar-refractivity contribution >= 4 is 5.69 Å². The van der Waals surface area contributed by atoms with Crippen molar-refractivity contribution in [3.8, 4) is 0 Å². The molecule has 0 spiro atoms. The van der Waals surface area contributed by atoms with E-state index < -0.39 is 0 Å². The molecule has 1 aromatic carbocycles. The van der Waals surface area contributed by atoms with Crippen molar-refractivity contribution in [2.24, 2.45) is 0 Å². The van der Waals surface area contributed by atoms with Gasteiger partial charge in [0.25, 0.3) is 0 Å². The number of nitrogens with one attached hydrogen (secondary N) is 3. The first-order valence-electron chi connectivity index (χ1n) is 6.81. The Balaban J connectivity index is 1.80. The summed E-state index contributed by atoms with van der Waals surface area (Å²) in [5.41, 5.74) is 7.57. The van der Waals surface area contributed by atoms with Crippen LogP contribution in [0.4, 0.5) is 5.69 Å². The van der Waals surface area contributed by atoms with Crippen LogP contribution >= 0.6 is 0 Å². The van der Waals surface area contributed by atoms with E-state index in [1.807, 2.05) is 6.07 Å². The van der Waals surface area contributed by atoms with Gasteiger partial charge in [0.1, 0.15) is 0 Å². The van der Waals surface area contributed by atoms with Crippen LogP contribution < -0.4 is 21.4 Å². The molecular weight excluding hydrogens is 240 g/mol. The summed E-state index contributed by atoms with van der Waals surface area (Å²) >= 11 is 0. The number of benzene rings is 1. The lowest BCUT2D eigenvalue weighted by Crippen LogP contribution is -2.60. The number of hydrazine groups is 3. The van der Waals surface area contributed by atoms with Crippen molar-refractivity contribution in [1.29, 1.82) is 0 Å². The molecule has 19 heavy (non-hydrogen) atoms. The molecule has 6 heteroatoms. The Hall–Kier alpha value is -1.18. The monoisotopic (exact) mass is 262 g/mol. The van der Waals surface area contributed by atoms with Crippen LogP contribution in [-0.4, -0.2) is 48.9 Å². The number of hydrogen-bond donors (Lipinski definition) is 3. The average molecular weight is 262 g/mol. The molecule has 0 amide bonds. The molecule has 2 heterocycles. The van der Waals surface area contributed by atoms with Crippen LogP contribution in [-0.2, 0) is 0 Å². The molecule has 3 N–H and O–H groups in total. The number of piperazine rings is 1. The smallest absolute Gasteiger partial charge is 0.169 e. The van der Waals surface area contributed by atoms with E-state index in [0.717, 1.165) is 25.3 Å². The zero-order valence-corrected chi connectivity index (χ0v) is 11.5. The maximum absolute atomic E-state index is 3.49. The van der Waals surface area contributed by atoms with Crippen LogP contribution in [0.3, 0.4) is 0 Å². The van der Waals surface area contributed by atoms with Gasteiger partial charge in [-0.25, -0.2) is 0 Å². The van der Waals surface area contributed by atoms with Gasteiger partial charge in [-0.05, 0) is 19.1 Å². The third kappa shape index (κ3) is 2.58. The summed E-state index contributed by atoms with van der Waals surface area (Å²) in [6, 6.07) is 10.9. The highest BCUT2D eigenvalue weighted by atomic mass is 16.0. The minimum atomic E-state index is 0.187. The predicted octanol–water partition coefficient (Wildman–Crippen LogP) is -0.0601. The molecule has 2 aliphatic rings. The fraction of sp³-hybridized carbons (Fsp3) is 0.538. The SMILES string of the molecule is C[C@@H]1CN(C2N(C)NNN2c2ccccc2)CCN1. The van der Waals surface area contributed by atoms with Gasteiger partial charge in [0.05, 0.1) is 5.69 Å². The second-order valence-corrected chi connectivity index (χ2v) is 5.24. The Morgan fingerprint density at radius 1 is 1.16 bits per heavy atom. The number of para-hydroxylation sites is 1. The average Bonchev–Trinajstić information content (AvgIpc) is 2.82. The van der Waals surface area contributed by atoms with E-state index in [9.17, 15) is 0 Å². The second kappa shape index (κ2) is 5.44. The number of hydrogen-bond acceptors (Lipinski definition) is 6. The summed E-state index contributed by atoms with van der Waals surface area (Å²) in [5.74, 6) is 0. The Kier molecular flexibility index (Phi) is 3.67. The fourth-order valence-electron chi connectivity index (χ4n) is 2.79. The van der Waals surface area contributed by atoms with Gasteiger partial charge < -0.3 is 5.32 Å². The zero-order valence-electron chi connectivity index (χ0n) is 11.5. The Bertz CT molecular complexity index is 411. The van der Waals surface area contributed by atoms with Crippen LogP contribution in [0.1, 0.15) is 6.92 Å². The van der Waals surface area contributed by atoms with E-state index >= 15 is 0 Å². The largest absolute Gasteiger partial charge is 0.312 e. The quantitative estimate of drug-likeness (QED) is 0.694. The zero-order chi connectivity index (χ0) is 13.2. The Labute approximate surface area is 114 Å². The van der Waals surface area contributed by atoms with Crippen LogP contribution in [0.5, 0.6) is 0 Å². The molecule has 1 unspecified atom stereocenters. The summed E-state index contributed by atoms with van der Waals surface area (Å²) in [7, 11) is 2.06. The lowest BCUT2D eigenvalue weighted by atomic mass is 10.2. The van der Waals surface area contributed by atoms with Crippen LogP contribution in [0.2, 0.25) is 0 Å². The van der Waals surface area contributed by atoms with Crippen molar-refractivity contribution in [1.82, 2.24) is 26.3 Å². The van der Waals surface area contributed by atoms with Gasteiger partial charge in [-0.2, -0.15) is 16.1 Å². The molecule has 3 rings (SSSR count). The second-order valence-electron chi connectivity index (χ2n) is 5.24. The lowest BCUT2D eigenvalue weighted by Gasteiger charge is -2.40. The molecule has 104 valence electrons. The first-order chi connectivity index (χ1) is 9.25. The van der Waals surface area contributed by atoms with Crippen LogP contribution in [0, 0.1) is 0 Å². The minimum Gasteiger partial charge on any atom is -0.312 e. The number of rotatable bonds is 2. The molecule has 0 aliphatic carbocycles. The van der Waals surface area contributed by atoms with Gasteiger partial charge in [0.15, 0.2) is 6.29 Å². The van der Waals surface area contributed by atoms with Crippen molar-refractivity contribution in [3.05, 3.63) is 30.3 Å². The molecule has 0 bridgehead atoms. The highest BCUT2D eigenvalue weighted by Gasteiger charge is 2.36. The molecule has 2 fully saturated rings. The lowest BCUT2D eigenvalue weighted by molar-refractivity contribution is 0.0483. The molecule has 6 nitrogen and oxygen atoms in total. The van der Waals surface area contributed by atoms with E-state index in [0.29, 0.717) is 6.04 Å². The maximum atomic E-state index is 3.49. The van der Waals surface area contributed by atoms with E-state index in [1.165, 1.54) is 0 Å². The highest BCUT2D eigenvalue weighted by Crippen LogP contribution is 2.21. The molecular formula is C13H22N6. The molecule has 0 radical (unpaired) electrons. The third-order valence-electron chi connectivity index (χ3n) is 3.69. The first kappa shape index (κ1) is 12.8. The van der Waals surface area contributed by atoms with Crippen molar-refractivity contribution in [3.63, 3.8) is 0 Å². The molecule has 0 aromatic heterocycles. The molecule has 2 aliphatic heterocycles. The summed E-state index contributed by atoms with van der Waals surface area (Å²) in [5, 5.41) is 7.75. The standard InChI is InChI=1S/C13H22N6/c1-11-10-18(9-8-14-11)13-17(2)15-16-19(13)12-6-4-3-5-7-12/h3-7,11,13-16H,8-10H2,1-2H3/t11-,13?/m1/s1. The summed E-state index contributed by atoms with van der Waals surface area (Å²) in [6.07, 6.45) is 0.187. The highest BCUT2D eigenvalue weighted by molar-refractivity contribution is 5.45. The Morgan fingerprint density at radius 3 is 2.68 bits per heavy atom. The topological polar surface area (TPSA) is 45.8 Å². The van der Waals surface area contributed by atoms with Crippen LogP contribution in [0.15, 0.2) is 30.3 Å². The first-order valence-corrected chi connectivity index (χ1v) is 6.81. The fourth-order valence-corrected chi connectivity index (χ4v) is 2.79. The molecule has 2 saturated heterocycles. The minimum absolute atomic E-state index is 0.187. The van der Waals surface area contributed by atoms with Crippen molar-refractivity contribution in [2.75, 3.05) is 31.7 Å². The number of nitrogens with zero attached hydrogens (tertiary/aromatic N) is 3. The summed E-state index contributed by atoms with van der Waals surface area (Å²) < 4.78 is 0. The Morgan fingerprint density at radius 2 is 1.95 bits per heavy atom. The van der Waals surface area contributed by atoms with E-state index in [4.69, 9.17) is 0 Å². The molecule has 1 aromatic rings. The molecule has 0 saturated carbocycles. The van der Waals surface area contributed by atoms with Crippen LogP contribution in [0.25, 0.3) is 0 Å². The van der Waals surface area contributed by atoms with Gasteiger partial charge in [-0.1, -0.05) is 18.2 Å². The van der Waals surface area contributed by atoms with Gasteiger partial charge in [-0.3, -0.25) is 9.91 Å². The number of anilines is 1. The normalized spacial score (nSPS) is 29.9. The molecule has 2 atom stereocenters. The van der Waals surface area contributed by atoms with Gasteiger partial charge in [0, 0.05) is 32.7 Å². The summed E-state index contributed by atoms with van der Waals surface area (Å²) in [4.78, 5) is 2.47. The predicted molar refractivity (Wildman–Crippen MR) is 75.8 cm³/mol. The van der Waals surface area contributed by atoms with E-state index in [1.54, 1.807) is 0 Å². The third-order valence-corrected chi connectivity index (χ3v) is 3.69. The van der Waals surface area contributed by atoms with Gasteiger partial charge in [0.2, 0.25) is 0 Å². The van der Waals surface area contributed by atoms with E-state index in [2.05, 4.69) is 69.5 Å². The maximum Gasteiger partial charge on any atom is 0.169 e. The van der Waals surface area contributed by atoms with E-state index in [-0.39, 0.29) is 6.29 Å².